The summed E-state index contributed by atoms with van der Waals surface area (Å²) in [7, 11) is 2.20. The maximum atomic E-state index is 9.14. The van der Waals surface area contributed by atoms with Crippen molar-refractivity contribution in [1.82, 2.24) is 9.97 Å². The number of likely N-dealkylation sites (N-methyl/N-ethyl adjacent to an activating group) is 1. The van der Waals surface area contributed by atoms with Crippen molar-refractivity contribution in [3.8, 4) is 23.3 Å². The van der Waals surface area contributed by atoms with E-state index in [2.05, 4.69) is 17.0 Å². The summed E-state index contributed by atoms with van der Waals surface area (Å²) in [5.74, 6) is 0.0281. The number of nitriles is 2. The highest BCUT2D eigenvalue weighted by molar-refractivity contribution is 7.58. The van der Waals surface area contributed by atoms with Gasteiger partial charge in [0, 0.05) is 23.5 Å². The third kappa shape index (κ3) is 4.61. The van der Waals surface area contributed by atoms with Crippen LogP contribution in [0.15, 0.2) is 29.6 Å². The van der Waals surface area contributed by atoms with Crippen LogP contribution in [0.4, 0.5) is 5.82 Å². The van der Waals surface area contributed by atoms with Crippen LogP contribution in [0.2, 0.25) is 0 Å². The van der Waals surface area contributed by atoms with Gasteiger partial charge in [0.05, 0.1) is 31.9 Å². The fourth-order valence-electron chi connectivity index (χ4n) is 2.32. The third-order valence-corrected chi connectivity index (χ3v) is 4.01. The molecule has 0 amide bonds. The van der Waals surface area contributed by atoms with Crippen molar-refractivity contribution in [2.75, 3.05) is 39.1 Å². The minimum atomic E-state index is 0.0281. The predicted octanol–water partition coefficient (Wildman–Crippen LogP) is -0.0937. The van der Waals surface area contributed by atoms with E-state index in [-0.39, 0.29) is 22.0 Å². The molecule has 0 radical (unpaired) electrons. The average Bonchev–Trinajstić information content (AvgIpc) is 2.63. The number of nitrogens with two attached hydrogens (primary N) is 1. The summed E-state index contributed by atoms with van der Waals surface area (Å²) >= 11 is 4.99. The minimum absolute atomic E-state index is 0.0281. The molecule has 0 atom stereocenters. The van der Waals surface area contributed by atoms with Crippen molar-refractivity contribution in [2.24, 2.45) is 0 Å². The van der Waals surface area contributed by atoms with Crippen LogP contribution in [0.1, 0.15) is 11.1 Å². The third-order valence-electron chi connectivity index (χ3n) is 3.71. The number of aromatic nitrogens is 2. The first-order valence-corrected chi connectivity index (χ1v) is 8.09. The molecule has 7 nitrogen and oxygen atoms in total. The fraction of sp³-hybridized carbons (Fsp3) is 0.294. The van der Waals surface area contributed by atoms with Gasteiger partial charge in [-0.25, -0.2) is 0 Å². The maximum absolute atomic E-state index is 9.14. The number of hydrogen-bond acceptors (Lipinski definition) is 7. The molecule has 0 aromatic carbocycles. The van der Waals surface area contributed by atoms with Gasteiger partial charge in [-0.2, -0.15) is 10.5 Å². The Kier molecular flexibility index (Phi) is 6.61. The molecule has 1 aliphatic rings. The number of hydrogen-bond donors (Lipinski definition) is 2. The number of pyridine rings is 2. The standard InChI is InChI=1S/C12H7N5S.C5H11NO/c13-4-8-10(7-2-1-3-16-6-7)9(5-14)12(18)17-11(8)15;1-6-2-4-7-5-3-6/h1-3,6H,(H3,15,17,18);2-5H2,1H3. The van der Waals surface area contributed by atoms with Crippen molar-refractivity contribution >= 4 is 18.4 Å². The Morgan fingerprint density at radius 2 is 1.92 bits per heavy atom. The van der Waals surface area contributed by atoms with Crippen molar-refractivity contribution in [2.45, 2.75) is 5.03 Å². The van der Waals surface area contributed by atoms with Gasteiger partial charge >= 0.3 is 0 Å². The Bertz CT molecular complexity index is 768. The fourth-order valence-corrected chi connectivity index (χ4v) is 2.56. The van der Waals surface area contributed by atoms with Crippen LogP contribution in [0.3, 0.4) is 0 Å². The molecule has 1 fully saturated rings. The molecule has 0 unspecified atom stereocenters. The molecule has 8 heteroatoms. The number of nitrogens with zero attached hydrogens (tertiary/aromatic N) is 4. The smallest absolute Gasteiger partial charge is 0.140 e. The molecule has 0 aliphatic carbocycles. The summed E-state index contributed by atoms with van der Waals surface area (Å²) in [5.41, 5.74) is 6.99. The van der Waals surface area contributed by atoms with E-state index in [0.717, 1.165) is 13.2 Å². The Morgan fingerprint density at radius 1 is 1.24 bits per heavy atom. The number of morpholine rings is 1. The quantitative estimate of drug-likeness (QED) is 0.688. The van der Waals surface area contributed by atoms with Crippen molar-refractivity contribution in [3.05, 3.63) is 35.7 Å². The van der Waals surface area contributed by atoms with Crippen molar-refractivity contribution in [1.29, 1.82) is 10.5 Å². The molecule has 0 saturated carbocycles. The number of nitrogens with one attached hydrogen (secondary N) is 1. The molecule has 2 aromatic rings. The van der Waals surface area contributed by atoms with Gasteiger partial charge in [-0.15, -0.1) is 0 Å². The lowest BCUT2D eigenvalue weighted by atomic mass is 9.98. The largest absolute Gasteiger partial charge is 0.759 e. The first-order chi connectivity index (χ1) is 12.1. The highest BCUT2D eigenvalue weighted by Gasteiger charge is 2.15. The van der Waals surface area contributed by atoms with Crippen LogP contribution in [0, 0.1) is 22.7 Å². The second kappa shape index (κ2) is 8.90. The summed E-state index contributed by atoms with van der Waals surface area (Å²) < 4.78 is 5.12. The topological polar surface area (TPSA) is 113 Å². The van der Waals surface area contributed by atoms with E-state index in [1.165, 1.54) is 13.1 Å². The zero-order chi connectivity index (χ0) is 18.2. The van der Waals surface area contributed by atoms with Gasteiger partial charge in [0.25, 0.3) is 0 Å². The number of rotatable bonds is 1. The van der Waals surface area contributed by atoms with Gasteiger partial charge in [-0.1, -0.05) is 11.1 Å². The summed E-state index contributed by atoms with van der Waals surface area (Å²) in [4.78, 5) is 9.37. The minimum Gasteiger partial charge on any atom is -0.759 e. The number of anilines is 1. The lowest BCUT2D eigenvalue weighted by Gasteiger charge is -2.18. The van der Waals surface area contributed by atoms with E-state index in [4.69, 9.17) is 33.6 Å². The predicted molar refractivity (Wildman–Crippen MR) is 94.4 cm³/mol. The molecule has 0 bridgehead atoms. The Labute approximate surface area is 152 Å². The van der Waals surface area contributed by atoms with Crippen molar-refractivity contribution in [3.63, 3.8) is 0 Å². The molecule has 2 aromatic heterocycles. The first-order valence-electron chi connectivity index (χ1n) is 7.68. The van der Waals surface area contributed by atoms with E-state index in [0.29, 0.717) is 11.1 Å². The van der Waals surface area contributed by atoms with Gasteiger partial charge in [0.15, 0.2) is 0 Å². The van der Waals surface area contributed by atoms with E-state index in [9.17, 15) is 0 Å². The maximum Gasteiger partial charge on any atom is 0.140 e. The Morgan fingerprint density at radius 3 is 2.40 bits per heavy atom. The molecule has 3 heterocycles. The zero-order valence-electron chi connectivity index (χ0n) is 13.8. The van der Waals surface area contributed by atoms with Gasteiger partial charge in [0.2, 0.25) is 0 Å². The van der Waals surface area contributed by atoms with Gasteiger partial charge in [0.1, 0.15) is 30.5 Å². The van der Waals surface area contributed by atoms with E-state index >= 15 is 0 Å². The normalized spacial score (nSPS) is 13.9. The molecular formula is C17H18N6OS. The zero-order valence-corrected chi connectivity index (χ0v) is 14.6. The Hall–Kier alpha value is -2.78. The summed E-state index contributed by atoms with van der Waals surface area (Å²) in [6.07, 6.45) is 3.14. The highest BCUT2D eigenvalue weighted by atomic mass is 32.1. The molecular weight excluding hydrogens is 336 g/mol. The van der Waals surface area contributed by atoms with Crippen molar-refractivity contribution < 1.29 is 9.64 Å². The molecule has 1 aliphatic heterocycles. The summed E-state index contributed by atoms with van der Waals surface area (Å²) in [6.45, 7) is 4.26. The van der Waals surface area contributed by atoms with Crippen LogP contribution in [-0.2, 0) is 17.4 Å². The van der Waals surface area contributed by atoms with Gasteiger partial charge in [-0.05, 0) is 6.07 Å². The monoisotopic (exact) mass is 354 g/mol. The lowest BCUT2D eigenvalue weighted by Crippen LogP contribution is -3.11. The number of quaternary nitrogens is 1. The second-order valence-corrected chi connectivity index (χ2v) is 5.85. The molecule has 1 saturated heterocycles. The number of ether oxygens (including phenoxy) is 1. The van der Waals surface area contributed by atoms with E-state index in [1.54, 1.807) is 29.4 Å². The lowest BCUT2D eigenvalue weighted by molar-refractivity contribution is -0.888. The van der Waals surface area contributed by atoms with Crippen LogP contribution < -0.4 is 10.6 Å². The van der Waals surface area contributed by atoms with Crippen LogP contribution >= 0.6 is 0 Å². The van der Waals surface area contributed by atoms with E-state index in [1.807, 2.05) is 12.1 Å². The summed E-state index contributed by atoms with van der Waals surface area (Å²) in [6, 6.07) is 7.35. The van der Waals surface area contributed by atoms with Crippen LogP contribution in [-0.4, -0.2) is 43.3 Å². The van der Waals surface area contributed by atoms with Crippen LogP contribution in [0.25, 0.3) is 11.1 Å². The molecule has 3 rings (SSSR count). The molecule has 128 valence electrons. The molecule has 0 spiro atoms. The van der Waals surface area contributed by atoms with Gasteiger partial charge in [-0.3, -0.25) is 9.97 Å². The Balaban J connectivity index is 0.000000269. The van der Waals surface area contributed by atoms with E-state index < -0.39 is 0 Å². The SMILES string of the molecule is C[NH+]1CCOCC1.N#Cc1c(N)nc([S-])c(C#N)c1-c1cccnc1. The summed E-state index contributed by atoms with van der Waals surface area (Å²) in [5, 5.41) is 18.4. The second-order valence-electron chi connectivity index (χ2n) is 5.46. The molecule has 25 heavy (non-hydrogen) atoms. The average molecular weight is 354 g/mol. The first kappa shape index (κ1) is 18.6. The van der Waals surface area contributed by atoms with Gasteiger partial charge < -0.3 is 28.0 Å². The number of nitrogen functional groups attached to an aromatic ring is 1. The van der Waals surface area contributed by atoms with Crippen LogP contribution in [0.5, 0.6) is 0 Å². The molecule has 3 N–H and O–H groups in total. The highest BCUT2D eigenvalue weighted by Crippen LogP contribution is 2.30.